The third-order valence-electron chi connectivity index (χ3n) is 2.43. The third kappa shape index (κ3) is 5.68. The Labute approximate surface area is 106 Å². The first kappa shape index (κ1) is 19.0. The molecule has 0 heterocycles. The van der Waals surface area contributed by atoms with Gasteiger partial charge in [-0.05, 0) is 12.8 Å². The third-order valence-corrected chi connectivity index (χ3v) is 4.68. The van der Waals surface area contributed by atoms with Crippen molar-refractivity contribution in [2.75, 3.05) is 0 Å². The molecule has 0 aromatic rings. The molecule has 17 heavy (non-hydrogen) atoms. The van der Waals surface area contributed by atoms with Crippen molar-refractivity contribution in [3.63, 3.8) is 0 Å². The largest absolute Gasteiger partial charge is 0.480 e. The first-order chi connectivity index (χ1) is 7.58. The molecule has 0 aliphatic carbocycles. The lowest BCUT2D eigenvalue weighted by Gasteiger charge is -2.26. The van der Waals surface area contributed by atoms with Gasteiger partial charge in [-0.25, -0.2) is 0 Å². The summed E-state index contributed by atoms with van der Waals surface area (Å²) in [6.45, 7) is 4.68. The summed E-state index contributed by atoms with van der Waals surface area (Å²) in [6, 6.07) is 0. The van der Waals surface area contributed by atoms with Gasteiger partial charge in [0.15, 0.2) is 10.3 Å². The minimum Gasteiger partial charge on any atom is -0.480 e. The maximum Gasteiger partial charge on any atom is 0.342 e. The fourth-order valence-electron chi connectivity index (χ4n) is 1.09. The number of thiol groups is 1. The second-order valence-electron chi connectivity index (χ2n) is 3.34. The minimum atomic E-state index is -4.56. The first-order valence-corrected chi connectivity index (χ1v) is 7.15. The molecular weight excluding hydrogens is 267 g/mol. The van der Waals surface area contributed by atoms with Crippen LogP contribution in [-0.2, 0) is 14.2 Å². The van der Waals surface area contributed by atoms with Crippen LogP contribution in [0.25, 0.3) is 0 Å². The van der Waals surface area contributed by atoms with E-state index < -0.39 is 18.7 Å². The molecule has 0 aliphatic rings. The predicted molar refractivity (Wildman–Crippen MR) is 67.3 cm³/mol. The van der Waals surface area contributed by atoms with Crippen molar-refractivity contribution in [1.29, 1.82) is 0 Å². The summed E-state index contributed by atoms with van der Waals surface area (Å²) in [6.07, 6.45) is 0.398. The normalized spacial score (nSPS) is 11.4. The van der Waals surface area contributed by atoms with E-state index in [2.05, 4.69) is 12.6 Å². The Kier molecular flexibility index (Phi) is 8.79. The van der Waals surface area contributed by atoms with E-state index in [-0.39, 0.29) is 18.0 Å². The molecule has 0 bridgehead atoms. The van der Waals surface area contributed by atoms with Gasteiger partial charge in [0, 0.05) is 6.42 Å². The molecule has 0 spiro atoms. The lowest BCUT2D eigenvalue weighted by atomic mass is 10.0. The summed E-state index contributed by atoms with van der Waals surface area (Å²) in [7, 11) is -4.56. The van der Waals surface area contributed by atoms with Crippen LogP contribution in [0.5, 0.6) is 0 Å². The molecule has 0 atom stereocenters. The van der Waals surface area contributed by atoms with Crippen LogP contribution in [-0.4, -0.2) is 31.1 Å². The van der Waals surface area contributed by atoms with Gasteiger partial charge in [0.1, 0.15) is 0 Å². The number of rotatable bonds is 5. The Morgan fingerprint density at radius 2 is 1.47 bits per heavy atom. The molecule has 0 unspecified atom stereocenters. The summed E-state index contributed by atoms with van der Waals surface area (Å²) in [5.41, 5.74) is 0. The summed E-state index contributed by atoms with van der Waals surface area (Å²) < 4.78 is 10.9. The average molecular weight is 286 g/mol. The minimum absolute atomic E-state index is 0.0509. The molecule has 6 nitrogen and oxygen atoms in total. The van der Waals surface area contributed by atoms with E-state index in [4.69, 9.17) is 14.9 Å². The zero-order chi connectivity index (χ0) is 14.3. The topological polar surface area (TPSA) is 112 Å². The summed E-state index contributed by atoms with van der Waals surface area (Å²) in [5, 5.41) is 6.72. The predicted octanol–water partition coefficient (Wildman–Crippen LogP) is 1.66. The molecule has 0 aliphatic heterocycles. The van der Waals surface area contributed by atoms with Gasteiger partial charge >= 0.3 is 13.6 Å². The van der Waals surface area contributed by atoms with Crippen molar-refractivity contribution >= 4 is 31.3 Å². The lowest BCUT2D eigenvalue weighted by molar-refractivity contribution is -0.141. The van der Waals surface area contributed by atoms with Gasteiger partial charge in [-0.3, -0.25) is 14.2 Å². The summed E-state index contributed by atoms with van der Waals surface area (Å²) in [5.74, 6) is -1.43. The molecular formula is C9H19O6PS. The van der Waals surface area contributed by atoms with Gasteiger partial charge in [0.25, 0.3) is 0 Å². The Balaban J connectivity index is 0. The Bertz CT molecular complexity index is 307. The van der Waals surface area contributed by atoms with Crippen molar-refractivity contribution in [3.8, 4) is 0 Å². The van der Waals surface area contributed by atoms with Crippen LogP contribution in [0, 0.1) is 0 Å². The van der Waals surface area contributed by atoms with Gasteiger partial charge in [-0.1, -0.05) is 20.8 Å². The van der Waals surface area contributed by atoms with Crippen LogP contribution < -0.4 is 0 Å². The van der Waals surface area contributed by atoms with Gasteiger partial charge in [-0.2, -0.15) is 0 Å². The Morgan fingerprint density at radius 3 is 1.47 bits per heavy atom. The number of carboxylic acids is 1. The number of carbonyl (C=O) groups excluding carboxylic acids is 1. The fourth-order valence-corrected chi connectivity index (χ4v) is 2.16. The molecule has 102 valence electrons. The number of hydrogen-bond donors (Lipinski definition) is 4. The molecule has 0 amide bonds. The zero-order valence-electron chi connectivity index (χ0n) is 10.1. The lowest BCUT2D eigenvalue weighted by Crippen LogP contribution is -2.36. The van der Waals surface area contributed by atoms with Gasteiger partial charge in [0.05, 0.1) is 0 Å². The number of carbonyl (C=O) groups is 2. The molecule has 3 N–H and O–H groups in total. The highest BCUT2D eigenvalue weighted by Crippen LogP contribution is 2.54. The molecule has 0 aromatic heterocycles. The Morgan fingerprint density at radius 1 is 1.18 bits per heavy atom. The molecule has 8 heteroatoms. The van der Waals surface area contributed by atoms with E-state index in [0.29, 0.717) is 6.42 Å². The van der Waals surface area contributed by atoms with Crippen molar-refractivity contribution in [2.24, 2.45) is 0 Å². The van der Waals surface area contributed by atoms with Crippen LogP contribution in [0.4, 0.5) is 0 Å². The molecule has 0 fully saturated rings. The van der Waals surface area contributed by atoms with E-state index in [1.54, 1.807) is 6.92 Å². The number of carboxylic acid groups (broad SMARTS) is 1. The fraction of sp³-hybridized carbons (Fsp3) is 0.778. The van der Waals surface area contributed by atoms with E-state index >= 15 is 0 Å². The zero-order valence-corrected chi connectivity index (χ0v) is 11.9. The van der Waals surface area contributed by atoms with E-state index in [1.807, 2.05) is 0 Å². The van der Waals surface area contributed by atoms with E-state index in [1.165, 1.54) is 13.8 Å². The Hall–Kier alpha value is -0.360. The number of hydrogen-bond acceptors (Lipinski definition) is 3. The van der Waals surface area contributed by atoms with Gasteiger partial charge in [0.2, 0.25) is 0 Å². The summed E-state index contributed by atoms with van der Waals surface area (Å²) in [4.78, 5) is 38.0. The quantitative estimate of drug-likeness (QED) is 0.452. The van der Waals surface area contributed by atoms with Gasteiger partial charge < -0.3 is 14.9 Å². The van der Waals surface area contributed by atoms with Crippen molar-refractivity contribution in [3.05, 3.63) is 0 Å². The highest BCUT2D eigenvalue weighted by Gasteiger charge is 2.50. The SMILES string of the molecule is CCC(=O)S.CCC(CC)(C(=O)O)P(=O)(O)O. The summed E-state index contributed by atoms with van der Waals surface area (Å²) >= 11 is 3.46. The van der Waals surface area contributed by atoms with Crippen LogP contribution in [0.3, 0.4) is 0 Å². The number of aliphatic carboxylic acids is 1. The maximum atomic E-state index is 10.9. The monoisotopic (exact) mass is 286 g/mol. The molecule has 0 radical (unpaired) electrons. The smallest absolute Gasteiger partial charge is 0.342 e. The molecule has 0 rings (SSSR count). The van der Waals surface area contributed by atoms with Crippen LogP contribution in [0.1, 0.15) is 40.0 Å². The van der Waals surface area contributed by atoms with E-state index in [9.17, 15) is 14.2 Å². The highest BCUT2D eigenvalue weighted by molar-refractivity contribution is 7.96. The average Bonchev–Trinajstić information content (AvgIpc) is 2.18. The molecule has 0 saturated carbocycles. The molecule has 0 aromatic carbocycles. The van der Waals surface area contributed by atoms with Crippen LogP contribution in [0.15, 0.2) is 0 Å². The van der Waals surface area contributed by atoms with Crippen molar-refractivity contribution in [2.45, 2.75) is 45.2 Å². The van der Waals surface area contributed by atoms with Gasteiger partial charge in [-0.15, -0.1) is 12.6 Å². The first-order valence-electron chi connectivity index (χ1n) is 5.09. The maximum absolute atomic E-state index is 10.9. The van der Waals surface area contributed by atoms with Crippen LogP contribution in [0.2, 0.25) is 0 Å². The standard InChI is InChI=1S/C6H13O5P.C3H6OS/c1-3-6(4-2,5(7)8)12(9,10)11;1-2-3(4)5/h3-4H2,1-2H3,(H,7,8)(H2,9,10,11);2H2,1H3,(H,4,5). The molecule has 0 saturated heterocycles. The van der Waals surface area contributed by atoms with Crippen molar-refractivity contribution < 1.29 is 29.0 Å². The van der Waals surface area contributed by atoms with E-state index in [0.717, 1.165) is 0 Å². The van der Waals surface area contributed by atoms with Crippen molar-refractivity contribution in [1.82, 2.24) is 0 Å². The highest BCUT2D eigenvalue weighted by atomic mass is 32.1. The second-order valence-corrected chi connectivity index (χ2v) is 5.78. The van der Waals surface area contributed by atoms with Crippen LogP contribution >= 0.6 is 20.2 Å². The second kappa shape index (κ2) is 7.87.